The highest BCUT2D eigenvalue weighted by Gasteiger charge is 2.25. The molecular formula is C14H18FNO3. The number of benzene rings is 1. The monoisotopic (exact) mass is 267 g/mol. The molecule has 0 radical (unpaired) electrons. The van der Waals surface area contributed by atoms with E-state index in [1.54, 1.807) is 13.2 Å². The number of halogens is 1. The van der Waals surface area contributed by atoms with Crippen molar-refractivity contribution in [2.24, 2.45) is 5.92 Å². The van der Waals surface area contributed by atoms with Crippen molar-refractivity contribution in [1.29, 1.82) is 0 Å². The van der Waals surface area contributed by atoms with Gasteiger partial charge in [0.1, 0.15) is 11.6 Å². The van der Waals surface area contributed by atoms with Gasteiger partial charge in [-0.1, -0.05) is 0 Å². The highest BCUT2D eigenvalue weighted by Crippen LogP contribution is 2.24. The summed E-state index contributed by atoms with van der Waals surface area (Å²) in [7, 11) is 1.55. The molecule has 1 unspecified atom stereocenters. The second kappa shape index (κ2) is 6.02. The Hall–Kier alpha value is -1.62. The van der Waals surface area contributed by atoms with Gasteiger partial charge in [0.15, 0.2) is 0 Å². The zero-order valence-corrected chi connectivity index (χ0v) is 10.9. The first kappa shape index (κ1) is 13.8. The molecule has 0 aromatic heterocycles. The average Bonchev–Trinajstić information content (AvgIpc) is 2.39. The van der Waals surface area contributed by atoms with E-state index in [9.17, 15) is 9.18 Å². The minimum absolute atomic E-state index is 0.303. The summed E-state index contributed by atoms with van der Waals surface area (Å²) in [5.41, 5.74) is 0.758. The van der Waals surface area contributed by atoms with Crippen molar-refractivity contribution in [3.8, 4) is 5.75 Å². The summed E-state index contributed by atoms with van der Waals surface area (Å²) in [6.45, 7) is 1.86. The minimum Gasteiger partial charge on any atom is -0.496 e. The summed E-state index contributed by atoms with van der Waals surface area (Å²) in [4.78, 5) is 13.1. The number of carboxylic acids is 1. The summed E-state index contributed by atoms with van der Waals surface area (Å²) in [6, 6.07) is 4.41. The standard InChI is InChI=1S/C14H18FNO3/c1-19-13-5-4-12(15)7-11(13)9-16-6-2-3-10(8-16)14(17)18/h4-5,7,10H,2-3,6,8-9H2,1H3,(H,17,18). The molecule has 4 nitrogen and oxygen atoms in total. The van der Waals surface area contributed by atoms with Crippen molar-refractivity contribution in [2.45, 2.75) is 19.4 Å². The normalized spacial score (nSPS) is 20.2. The summed E-state index contributed by atoms with van der Waals surface area (Å²) in [6.07, 6.45) is 1.57. The third-order valence-corrected chi connectivity index (χ3v) is 3.49. The number of aliphatic carboxylic acids is 1. The smallest absolute Gasteiger partial charge is 0.307 e. The number of ether oxygens (including phenoxy) is 1. The first-order valence-electron chi connectivity index (χ1n) is 6.37. The van der Waals surface area contributed by atoms with E-state index in [4.69, 9.17) is 9.84 Å². The summed E-state index contributed by atoms with van der Waals surface area (Å²) >= 11 is 0. The Balaban J connectivity index is 2.08. The first-order valence-corrected chi connectivity index (χ1v) is 6.37. The van der Waals surface area contributed by atoms with Gasteiger partial charge in [0, 0.05) is 18.7 Å². The fraction of sp³-hybridized carbons (Fsp3) is 0.500. The molecule has 0 aliphatic carbocycles. The Kier molecular flexibility index (Phi) is 4.37. The van der Waals surface area contributed by atoms with Crippen molar-refractivity contribution < 1.29 is 19.0 Å². The number of likely N-dealkylation sites (tertiary alicyclic amines) is 1. The highest BCUT2D eigenvalue weighted by molar-refractivity contribution is 5.70. The quantitative estimate of drug-likeness (QED) is 0.908. The van der Waals surface area contributed by atoms with Crippen LogP contribution in [-0.2, 0) is 11.3 Å². The molecule has 0 spiro atoms. The van der Waals surface area contributed by atoms with Crippen molar-refractivity contribution in [2.75, 3.05) is 20.2 Å². The van der Waals surface area contributed by atoms with Gasteiger partial charge in [-0.15, -0.1) is 0 Å². The van der Waals surface area contributed by atoms with Crippen LogP contribution in [0.2, 0.25) is 0 Å². The molecule has 1 saturated heterocycles. The van der Waals surface area contributed by atoms with Gasteiger partial charge in [-0.05, 0) is 37.6 Å². The zero-order valence-electron chi connectivity index (χ0n) is 10.9. The predicted octanol–water partition coefficient (Wildman–Crippen LogP) is 2.13. The van der Waals surface area contributed by atoms with Gasteiger partial charge in [-0.2, -0.15) is 0 Å². The van der Waals surface area contributed by atoms with Crippen LogP contribution in [0.3, 0.4) is 0 Å². The molecule has 1 fully saturated rings. The van der Waals surface area contributed by atoms with E-state index in [0.717, 1.165) is 18.5 Å². The molecule has 19 heavy (non-hydrogen) atoms. The molecule has 1 atom stereocenters. The van der Waals surface area contributed by atoms with Crippen LogP contribution in [0.1, 0.15) is 18.4 Å². The molecule has 1 N–H and O–H groups in total. The molecule has 0 amide bonds. The summed E-state index contributed by atoms with van der Waals surface area (Å²) in [5.74, 6) is -0.745. The number of carboxylic acid groups (broad SMARTS) is 1. The van der Waals surface area contributed by atoms with Crippen LogP contribution in [0.15, 0.2) is 18.2 Å². The lowest BCUT2D eigenvalue weighted by Crippen LogP contribution is -2.38. The molecule has 0 saturated carbocycles. The largest absolute Gasteiger partial charge is 0.496 e. The van der Waals surface area contributed by atoms with E-state index in [-0.39, 0.29) is 11.7 Å². The number of rotatable bonds is 4. The zero-order chi connectivity index (χ0) is 13.8. The van der Waals surface area contributed by atoms with Crippen LogP contribution < -0.4 is 4.74 Å². The number of hydrogen-bond acceptors (Lipinski definition) is 3. The molecule has 1 aliphatic heterocycles. The van der Waals surface area contributed by atoms with Crippen molar-refractivity contribution >= 4 is 5.97 Å². The van der Waals surface area contributed by atoms with E-state index in [0.29, 0.717) is 25.3 Å². The first-order chi connectivity index (χ1) is 9.10. The lowest BCUT2D eigenvalue weighted by Gasteiger charge is -2.30. The lowest BCUT2D eigenvalue weighted by atomic mass is 9.98. The molecule has 1 heterocycles. The number of hydrogen-bond donors (Lipinski definition) is 1. The molecule has 1 aromatic carbocycles. The van der Waals surface area contributed by atoms with E-state index in [1.807, 2.05) is 4.90 Å². The van der Waals surface area contributed by atoms with Gasteiger partial charge in [0.25, 0.3) is 0 Å². The van der Waals surface area contributed by atoms with Crippen molar-refractivity contribution in [3.63, 3.8) is 0 Å². The van der Waals surface area contributed by atoms with Crippen molar-refractivity contribution in [3.05, 3.63) is 29.6 Å². The lowest BCUT2D eigenvalue weighted by molar-refractivity contribution is -0.143. The molecule has 1 aliphatic rings. The van der Waals surface area contributed by atoms with Gasteiger partial charge >= 0.3 is 5.97 Å². The van der Waals surface area contributed by atoms with Gasteiger partial charge in [-0.3, -0.25) is 9.69 Å². The fourth-order valence-electron chi connectivity index (χ4n) is 2.51. The predicted molar refractivity (Wildman–Crippen MR) is 68.6 cm³/mol. The molecule has 2 rings (SSSR count). The van der Waals surface area contributed by atoms with E-state index >= 15 is 0 Å². The fourth-order valence-corrected chi connectivity index (χ4v) is 2.51. The van der Waals surface area contributed by atoms with Crippen LogP contribution in [0.25, 0.3) is 0 Å². The van der Waals surface area contributed by atoms with Gasteiger partial charge in [-0.25, -0.2) is 4.39 Å². The van der Waals surface area contributed by atoms with Crippen molar-refractivity contribution in [1.82, 2.24) is 4.90 Å². The SMILES string of the molecule is COc1ccc(F)cc1CN1CCCC(C(=O)O)C1. The van der Waals surface area contributed by atoms with Gasteiger partial charge in [0.05, 0.1) is 13.0 Å². The van der Waals surface area contributed by atoms with Crippen LogP contribution in [0.4, 0.5) is 4.39 Å². The minimum atomic E-state index is -0.754. The maximum Gasteiger partial charge on any atom is 0.307 e. The molecular weight excluding hydrogens is 249 g/mol. The Morgan fingerprint density at radius 3 is 3.05 bits per heavy atom. The second-order valence-corrected chi connectivity index (χ2v) is 4.87. The average molecular weight is 267 g/mol. The van der Waals surface area contributed by atoms with Gasteiger partial charge in [0.2, 0.25) is 0 Å². The summed E-state index contributed by atoms with van der Waals surface area (Å²) in [5, 5.41) is 9.06. The second-order valence-electron chi connectivity index (χ2n) is 4.87. The molecule has 1 aromatic rings. The van der Waals surface area contributed by atoms with Crippen LogP contribution in [0, 0.1) is 11.7 Å². The third-order valence-electron chi connectivity index (χ3n) is 3.49. The van der Waals surface area contributed by atoms with E-state index < -0.39 is 5.97 Å². The number of piperidine rings is 1. The Morgan fingerprint density at radius 1 is 1.58 bits per heavy atom. The Morgan fingerprint density at radius 2 is 2.37 bits per heavy atom. The topological polar surface area (TPSA) is 49.8 Å². The van der Waals surface area contributed by atoms with Crippen LogP contribution in [-0.4, -0.2) is 36.2 Å². The Bertz CT molecular complexity index is 464. The number of carbonyl (C=O) groups is 1. The maximum absolute atomic E-state index is 13.3. The van der Waals surface area contributed by atoms with Crippen LogP contribution in [0.5, 0.6) is 5.75 Å². The van der Waals surface area contributed by atoms with Crippen LogP contribution >= 0.6 is 0 Å². The van der Waals surface area contributed by atoms with Gasteiger partial charge < -0.3 is 9.84 Å². The number of nitrogens with zero attached hydrogens (tertiary/aromatic N) is 1. The maximum atomic E-state index is 13.3. The Labute approximate surface area is 111 Å². The molecule has 0 bridgehead atoms. The summed E-state index contributed by atoms with van der Waals surface area (Å²) < 4.78 is 18.5. The highest BCUT2D eigenvalue weighted by atomic mass is 19.1. The molecule has 5 heteroatoms. The van der Waals surface area contributed by atoms with E-state index in [1.165, 1.54) is 12.1 Å². The van der Waals surface area contributed by atoms with E-state index in [2.05, 4.69) is 0 Å². The number of methoxy groups -OCH3 is 1. The molecule has 104 valence electrons. The third kappa shape index (κ3) is 3.44.